The number of hydrogen-bond acceptors (Lipinski definition) is 2. The predicted octanol–water partition coefficient (Wildman–Crippen LogP) is 4.77. The molecule has 1 heterocycles. The first-order valence-electron chi connectivity index (χ1n) is 6.25. The lowest BCUT2D eigenvalue weighted by molar-refractivity contribution is 0.103. The van der Waals surface area contributed by atoms with Crippen LogP contribution in [0.1, 0.15) is 15.9 Å². The summed E-state index contributed by atoms with van der Waals surface area (Å²) in [6.07, 6.45) is 1.75. The zero-order valence-corrected chi connectivity index (χ0v) is 14.9. The fourth-order valence-electron chi connectivity index (χ4n) is 2.23. The third-order valence-corrected chi connectivity index (χ3v) is 4.67. The quantitative estimate of drug-likeness (QED) is 0.456. The number of carbonyl (C=O) groups excluding carboxylic acids is 1. The smallest absolute Gasteiger partial charge is 0.196 e. The molecule has 0 unspecified atom stereocenters. The lowest BCUT2D eigenvalue weighted by atomic mass is 10.0. The van der Waals surface area contributed by atoms with E-state index >= 15 is 0 Å². The summed E-state index contributed by atoms with van der Waals surface area (Å²) >= 11 is 5.65. The van der Waals surface area contributed by atoms with Crippen molar-refractivity contribution in [1.82, 2.24) is 4.98 Å². The maximum Gasteiger partial charge on any atom is 0.196 e. The van der Waals surface area contributed by atoms with Crippen molar-refractivity contribution in [2.75, 3.05) is 7.11 Å². The van der Waals surface area contributed by atoms with E-state index in [0.717, 1.165) is 24.7 Å². The van der Waals surface area contributed by atoms with Crippen molar-refractivity contribution < 1.29 is 9.53 Å². The summed E-state index contributed by atoms with van der Waals surface area (Å²) in [5.74, 6) is 0.720. The minimum atomic E-state index is -0.0140. The molecule has 2 aromatic carbocycles. The van der Waals surface area contributed by atoms with Crippen molar-refractivity contribution in [2.45, 2.75) is 0 Å². The highest BCUT2D eigenvalue weighted by Crippen LogP contribution is 2.28. The van der Waals surface area contributed by atoms with E-state index in [-0.39, 0.29) is 5.78 Å². The highest BCUT2D eigenvalue weighted by molar-refractivity contribution is 14.1. The number of rotatable bonds is 3. The van der Waals surface area contributed by atoms with Crippen LogP contribution in [0.15, 0.2) is 47.1 Å². The summed E-state index contributed by atoms with van der Waals surface area (Å²) in [6.45, 7) is 0. The van der Waals surface area contributed by atoms with E-state index in [9.17, 15) is 4.79 Å². The first-order valence-corrected chi connectivity index (χ1v) is 8.12. The molecule has 3 rings (SSSR count). The van der Waals surface area contributed by atoms with Gasteiger partial charge in [0.05, 0.1) is 7.11 Å². The molecule has 3 aromatic rings. The lowest BCUT2D eigenvalue weighted by Crippen LogP contribution is -2.02. The van der Waals surface area contributed by atoms with Gasteiger partial charge in [-0.3, -0.25) is 4.79 Å². The number of H-pyrrole nitrogens is 1. The van der Waals surface area contributed by atoms with Gasteiger partial charge in [0, 0.05) is 36.3 Å². The molecule has 0 saturated heterocycles. The van der Waals surface area contributed by atoms with E-state index < -0.39 is 0 Å². The molecule has 0 aliphatic rings. The van der Waals surface area contributed by atoms with Gasteiger partial charge >= 0.3 is 0 Å². The normalized spacial score (nSPS) is 10.8. The third kappa shape index (κ3) is 2.72. The van der Waals surface area contributed by atoms with Gasteiger partial charge in [-0.25, -0.2) is 0 Å². The highest BCUT2D eigenvalue weighted by atomic mass is 127. The molecule has 0 atom stereocenters. The SMILES string of the molecule is COc1ccc2[nH]cc(C(=O)c3cc(I)ccc3Br)c2c1. The van der Waals surface area contributed by atoms with Crippen molar-refractivity contribution >= 4 is 55.2 Å². The van der Waals surface area contributed by atoms with Gasteiger partial charge in [-0.05, 0) is 59.0 Å². The molecule has 0 spiro atoms. The fourth-order valence-corrected chi connectivity index (χ4v) is 3.15. The largest absolute Gasteiger partial charge is 0.497 e. The lowest BCUT2D eigenvalue weighted by Gasteiger charge is -2.05. The van der Waals surface area contributed by atoms with Gasteiger partial charge in [0.2, 0.25) is 0 Å². The zero-order valence-electron chi connectivity index (χ0n) is 11.1. The Morgan fingerprint density at radius 3 is 2.76 bits per heavy atom. The Labute approximate surface area is 144 Å². The Hall–Kier alpha value is -1.34. The molecule has 0 saturated carbocycles. The average molecular weight is 456 g/mol. The number of carbonyl (C=O) groups is 1. The van der Waals surface area contributed by atoms with E-state index in [2.05, 4.69) is 43.5 Å². The molecule has 0 fully saturated rings. The van der Waals surface area contributed by atoms with Gasteiger partial charge in [0.15, 0.2) is 5.78 Å². The second kappa shape index (κ2) is 5.81. The zero-order chi connectivity index (χ0) is 15.0. The summed E-state index contributed by atoms with van der Waals surface area (Å²) in [5, 5.41) is 0.866. The molecular weight excluding hydrogens is 445 g/mol. The van der Waals surface area contributed by atoms with Crippen LogP contribution in [0, 0.1) is 3.57 Å². The molecule has 0 aliphatic carbocycles. The van der Waals surface area contributed by atoms with Crippen LogP contribution in [-0.4, -0.2) is 17.9 Å². The Bertz CT molecular complexity index is 841. The molecule has 1 N–H and O–H groups in total. The number of benzene rings is 2. The number of methoxy groups -OCH3 is 1. The Balaban J connectivity index is 2.15. The monoisotopic (exact) mass is 455 g/mol. The van der Waals surface area contributed by atoms with Crippen LogP contribution in [0.2, 0.25) is 0 Å². The molecule has 106 valence electrons. The Morgan fingerprint density at radius 2 is 2.00 bits per heavy atom. The van der Waals surface area contributed by atoms with Crippen LogP contribution in [-0.2, 0) is 0 Å². The van der Waals surface area contributed by atoms with Crippen LogP contribution in [0.25, 0.3) is 10.9 Å². The number of hydrogen-bond donors (Lipinski definition) is 1. The molecule has 21 heavy (non-hydrogen) atoms. The Morgan fingerprint density at radius 1 is 1.19 bits per heavy atom. The molecule has 1 aromatic heterocycles. The summed E-state index contributed by atoms with van der Waals surface area (Å²) in [5.41, 5.74) is 2.22. The van der Waals surface area contributed by atoms with Crippen LogP contribution in [0.5, 0.6) is 5.75 Å². The first kappa shape index (κ1) is 14.6. The van der Waals surface area contributed by atoms with Gasteiger partial charge in [-0.15, -0.1) is 0 Å². The van der Waals surface area contributed by atoms with E-state index in [1.54, 1.807) is 13.3 Å². The molecule has 5 heteroatoms. The number of fused-ring (bicyclic) bond motifs is 1. The van der Waals surface area contributed by atoms with Gasteiger partial charge in [-0.1, -0.05) is 15.9 Å². The van der Waals surface area contributed by atoms with E-state index in [1.807, 2.05) is 36.4 Å². The Kier molecular flexibility index (Phi) is 4.03. The van der Waals surface area contributed by atoms with Crippen molar-refractivity contribution in [3.63, 3.8) is 0 Å². The van der Waals surface area contributed by atoms with Gasteiger partial charge in [0.25, 0.3) is 0 Å². The summed E-state index contributed by atoms with van der Waals surface area (Å²) in [7, 11) is 1.62. The van der Waals surface area contributed by atoms with E-state index in [0.29, 0.717) is 11.1 Å². The number of aromatic amines is 1. The van der Waals surface area contributed by atoms with Gasteiger partial charge in [-0.2, -0.15) is 0 Å². The number of halogens is 2. The van der Waals surface area contributed by atoms with Crippen molar-refractivity contribution in [2.24, 2.45) is 0 Å². The maximum atomic E-state index is 12.8. The highest BCUT2D eigenvalue weighted by Gasteiger charge is 2.17. The van der Waals surface area contributed by atoms with E-state index in [1.165, 1.54) is 0 Å². The minimum Gasteiger partial charge on any atom is -0.497 e. The second-order valence-electron chi connectivity index (χ2n) is 4.57. The van der Waals surface area contributed by atoms with Gasteiger partial charge < -0.3 is 9.72 Å². The topological polar surface area (TPSA) is 42.1 Å². The van der Waals surface area contributed by atoms with Crippen LogP contribution in [0.3, 0.4) is 0 Å². The van der Waals surface area contributed by atoms with Crippen molar-refractivity contribution in [1.29, 1.82) is 0 Å². The molecule has 0 amide bonds. The first-order chi connectivity index (χ1) is 10.1. The van der Waals surface area contributed by atoms with Crippen LogP contribution >= 0.6 is 38.5 Å². The van der Waals surface area contributed by atoms with Crippen LogP contribution in [0.4, 0.5) is 0 Å². The number of nitrogens with one attached hydrogen (secondary N) is 1. The molecule has 0 bridgehead atoms. The summed E-state index contributed by atoms with van der Waals surface area (Å²) in [6, 6.07) is 11.4. The van der Waals surface area contributed by atoms with Crippen LogP contribution < -0.4 is 4.74 Å². The maximum absolute atomic E-state index is 12.8. The van der Waals surface area contributed by atoms with Crippen molar-refractivity contribution in [3.05, 3.63) is 61.8 Å². The molecular formula is C16H11BrINO2. The number of ether oxygens (including phenoxy) is 1. The average Bonchev–Trinajstić information content (AvgIpc) is 2.91. The summed E-state index contributed by atoms with van der Waals surface area (Å²) < 4.78 is 7.06. The second-order valence-corrected chi connectivity index (χ2v) is 6.67. The molecule has 0 radical (unpaired) electrons. The molecule has 0 aliphatic heterocycles. The standard InChI is InChI=1S/C16H11BrINO2/c1-21-10-3-5-15-11(7-10)13(8-19-15)16(20)12-6-9(18)2-4-14(12)17/h2-8,19H,1H3. The van der Waals surface area contributed by atoms with Gasteiger partial charge in [0.1, 0.15) is 5.75 Å². The fraction of sp³-hybridized carbons (Fsp3) is 0.0625. The van der Waals surface area contributed by atoms with Crippen molar-refractivity contribution in [3.8, 4) is 5.75 Å². The van der Waals surface area contributed by atoms with E-state index in [4.69, 9.17) is 4.74 Å². The number of ketones is 1. The predicted molar refractivity (Wildman–Crippen MR) is 95.1 cm³/mol. The third-order valence-electron chi connectivity index (χ3n) is 3.31. The summed E-state index contributed by atoms with van der Waals surface area (Å²) in [4.78, 5) is 15.9. The molecule has 3 nitrogen and oxygen atoms in total. The minimum absolute atomic E-state index is 0.0140. The number of aromatic nitrogens is 1.